The zero-order valence-corrected chi connectivity index (χ0v) is 21.5. The van der Waals surface area contributed by atoms with Crippen molar-refractivity contribution in [1.82, 2.24) is 0 Å². The fourth-order valence-electron chi connectivity index (χ4n) is 9.16. The summed E-state index contributed by atoms with van der Waals surface area (Å²) in [6, 6.07) is 11.8. The van der Waals surface area contributed by atoms with E-state index in [4.69, 9.17) is 4.18 Å². The number of hydrogen-bond acceptors (Lipinski definition) is 5. The number of hydrogen-bond donors (Lipinski definition) is 0. The molecule has 186 valence electrons. The van der Waals surface area contributed by atoms with E-state index in [0.717, 1.165) is 31.3 Å². The molecular weight excluding hydrogens is 458 g/mol. The van der Waals surface area contributed by atoms with Crippen molar-refractivity contribution in [2.75, 3.05) is 6.61 Å². The number of nitriles is 1. The molecule has 35 heavy (non-hydrogen) atoms. The van der Waals surface area contributed by atoms with Crippen LogP contribution in [0.25, 0.3) is 0 Å². The van der Waals surface area contributed by atoms with Crippen LogP contribution in [0.15, 0.2) is 42.0 Å². The van der Waals surface area contributed by atoms with Crippen LogP contribution in [0, 0.1) is 63.6 Å². The van der Waals surface area contributed by atoms with E-state index in [1.54, 1.807) is 12.1 Å². The smallest absolute Gasteiger partial charge is 0.271 e. The third-order valence-corrected chi connectivity index (χ3v) is 11.9. The first-order valence-electron chi connectivity index (χ1n) is 13.2. The minimum Gasteiger partial charge on any atom is -0.295 e. The molecule has 1 aromatic carbocycles. The maximum absolute atomic E-state index is 12.9. The zero-order chi connectivity index (χ0) is 24.6. The molecule has 0 spiro atoms. The van der Waals surface area contributed by atoms with Gasteiger partial charge in [0.25, 0.3) is 10.1 Å². The highest BCUT2D eigenvalue weighted by Crippen LogP contribution is 2.75. The van der Waals surface area contributed by atoms with Crippen molar-refractivity contribution in [1.29, 1.82) is 5.26 Å². The number of carbonyl (C=O) groups excluding carboxylic acids is 1. The second kappa shape index (κ2) is 8.02. The van der Waals surface area contributed by atoms with Crippen LogP contribution in [0.4, 0.5) is 0 Å². The van der Waals surface area contributed by atoms with Crippen LogP contribution in [-0.2, 0) is 24.8 Å². The normalized spacial score (nSPS) is 43.7. The summed E-state index contributed by atoms with van der Waals surface area (Å²) in [6.07, 6.45) is 7.46. The summed E-state index contributed by atoms with van der Waals surface area (Å²) in [6.45, 7) is 4.77. The molecule has 0 N–H and O–H groups in total. The Morgan fingerprint density at radius 1 is 1.09 bits per heavy atom. The Kier molecular flexibility index (Phi) is 5.37. The topological polar surface area (TPSA) is 84.2 Å². The van der Waals surface area contributed by atoms with Gasteiger partial charge >= 0.3 is 0 Å². The number of fused-ring (bicyclic) bond motifs is 7. The molecule has 0 bridgehead atoms. The Balaban J connectivity index is 1.29. The summed E-state index contributed by atoms with van der Waals surface area (Å²) in [5.41, 5.74) is 1.81. The van der Waals surface area contributed by atoms with Gasteiger partial charge in [-0.25, -0.2) is 0 Å². The van der Waals surface area contributed by atoms with Gasteiger partial charge in [0, 0.05) is 12.3 Å². The minimum atomic E-state index is -3.73. The summed E-state index contributed by atoms with van der Waals surface area (Å²) in [5, 5.41) is 9.99. The summed E-state index contributed by atoms with van der Waals surface area (Å²) >= 11 is 0. The first kappa shape index (κ1) is 23.4. The third-order valence-electron chi connectivity index (χ3n) is 10.7. The fraction of sp³-hybridized carbons (Fsp3) is 0.655. The summed E-state index contributed by atoms with van der Waals surface area (Å²) < 4.78 is 31.4. The maximum Gasteiger partial charge on any atom is 0.271 e. The van der Waals surface area contributed by atoms with Gasteiger partial charge in [-0.2, -0.15) is 13.7 Å². The highest BCUT2D eigenvalue weighted by molar-refractivity contribution is 7.85. The minimum absolute atomic E-state index is 0.0658. The van der Waals surface area contributed by atoms with Crippen LogP contribution >= 0.6 is 0 Å². The molecule has 4 saturated carbocycles. The van der Waals surface area contributed by atoms with Crippen molar-refractivity contribution >= 4 is 15.9 Å². The van der Waals surface area contributed by atoms with Crippen molar-refractivity contribution < 1.29 is 17.4 Å². The molecule has 1 aromatic rings. The van der Waals surface area contributed by atoms with E-state index in [9.17, 15) is 18.5 Å². The Labute approximate surface area is 209 Å². The van der Waals surface area contributed by atoms with E-state index in [0.29, 0.717) is 41.6 Å². The van der Waals surface area contributed by atoms with Crippen LogP contribution in [0.5, 0.6) is 0 Å². The van der Waals surface area contributed by atoms with Gasteiger partial charge in [0.15, 0.2) is 5.78 Å². The number of benzene rings is 1. The molecule has 0 heterocycles. The molecular formula is C29H35NO4S. The van der Waals surface area contributed by atoms with Crippen LogP contribution < -0.4 is 0 Å². The largest absolute Gasteiger partial charge is 0.295 e. The van der Waals surface area contributed by atoms with Gasteiger partial charge in [0.2, 0.25) is 0 Å². The lowest BCUT2D eigenvalue weighted by Gasteiger charge is -2.60. The number of rotatable bonds is 5. The quantitative estimate of drug-likeness (QED) is 0.521. The molecule has 0 amide bonds. The van der Waals surface area contributed by atoms with E-state index < -0.39 is 10.1 Å². The second-order valence-corrected chi connectivity index (χ2v) is 14.0. The van der Waals surface area contributed by atoms with E-state index >= 15 is 0 Å². The van der Waals surface area contributed by atoms with Crippen LogP contribution in [0.3, 0.4) is 0 Å². The van der Waals surface area contributed by atoms with Gasteiger partial charge in [0.1, 0.15) is 5.75 Å². The van der Waals surface area contributed by atoms with Crippen molar-refractivity contribution in [3.8, 4) is 6.07 Å². The summed E-state index contributed by atoms with van der Waals surface area (Å²) in [4.78, 5) is 12.5. The fourth-order valence-corrected chi connectivity index (χ4v) is 10.2. The molecule has 0 unspecified atom stereocenters. The maximum atomic E-state index is 12.9. The first-order valence-corrected chi connectivity index (χ1v) is 14.8. The number of ketones is 1. The lowest BCUT2D eigenvalue weighted by Crippen LogP contribution is -2.54. The van der Waals surface area contributed by atoms with Gasteiger partial charge in [0.05, 0.1) is 18.6 Å². The molecule has 6 rings (SSSR count). The van der Waals surface area contributed by atoms with Gasteiger partial charge in [-0.05, 0) is 84.2 Å². The Morgan fingerprint density at radius 2 is 1.86 bits per heavy atom. The van der Waals surface area contributed by atoms with Crippen molar-refractivity contribution in [3.05, 3.63) is 47.5 Å². The second-order valence-electron chi connectivity index (χ2n) is 12.4. The van der Waals surface area contributed by atoms with Crippen molar-refractivity contribution in [2.45, 2.75) is 58.1 Å². The molecule has 0 aliphatic heterocycles. The summed E-state index contributed by atoms with van der Waals surface area (Å²) in [5.74, 6) is 2.76. The summed E-state index contributed by atoms with van der Waals surface area (Å²) in [7, 11) is -3.73. The molecule has 5 nitrogen and oxygen atoms in total. The van der Waals surface area contributed by atoms with E-state index in [2.05, 4.69) is 19.9 Å². The Bertz CT molecular complexity index is 1220. The highest BCUT2D eigenvalue weighted by Gasteiger charge is 2.70. The molecule has 0 aromatic heterocycles. The molecule has 6 heteroatoms. The average molecular weight is 494 g/mol. The van der Waals surface area contributed by atoms with E-state index in [1.165, 1.54) is 6.42 Å². The SMILES string of the molecule is C[C@]12CC[C@H]3[C@@H](C[C@@H](COS(=O)(=O)Cc4ccccc4)C4=CC(=O)CC[C@@]43C)[C@@H]1[C@@H]1C[C@@H]1[C@@H]2C#N. The standard InChI is InChI=1S/C29H35NO4S/c1-28-10-8-20(31)13-25(28)19(16-34-35(32,33)17-18-6-4-3-5-7-18)12-23-24(28)9-11-29(2)26(15-30)21-14-22(21)27(23)29/h3-7,13,19,21-24,26-27H,8-12,14,16-17H2,1-2H3/t19-,21-,22+,23+,24-,26-,27-,28+,29+/m0/s1. The van der Waals surface area contributed by atoms with Gasteiger partial charge in [-0.1, -0.05) is 49.8 Å². The highest BCUT2D eigenvalue weighted by atomic mass is 32.2. The van der Waals surface area contributed by atoms with Crippen molar-refractivity contribution in [3.63, 3.8) is 0 Å². The van der Waals surface area contributed by atoms with Crippen LogP contribution in [-0.4, -0.2) is 20.8 Å². The first-order chi connectivity index (χ1) is 16.7. The molecule has 5 aliphatic carbocycles. The van der Waals surface area contributed by atoms with Gasteiger partial charge in [-0.3, -0.25) is 8.98 Å². The average Bonchev–Trinajstić information content (AvgIpc) is 3.53. The number of nitrogens with zero attached hydrogens (tertiary/aromatic N) is 1. The molecule has 4 fully saturated rings. The predicted octanol–water partition coefficient (Wildman–Crippen LogP) is 5.29. The van der Waals surface area contributed by atoms with E-state index in [1.807, 2.05) is 24.3 Å². The van der Waals surface area contributed by atoms with Crippen LogP contribution in [0.2, 0.25) is 0 Å². The zero-order valence-electron chi connectivity index (χ0n) is 20.7. The van der Waals surface area contributed by atoms with Crippen molar-refractivity contribution in [2.24, 2.45) is 52.3 Å². The predicted molar refractivity (Wildman–Crippen MR) is 132 cm³/mol. The third kappa shape index (κ3) is 3.64. The Morgan fingerprint density at radius 3 is 2.60 bits per heavy atom. The molecule has 9 atom stereocenters. The van der Waals surface area contributed by atoms with Crippen LogP contribution in [0.1, 0.15) is 57.9 Å². The molecule has 0 saturated heterocycles. The monoisotopic (exact) mass is 493 g/mol. The van der Waals surface area contributed by atoms with Gasteiger partial charge < -0.3 is 0 Å². The Hall–Kier alpha value is -1.97. The van der Waals surface area contributed by atoms with Gasteiger partial charge in [-0.15, -0.1) is 0 Å². The lowest BCUT2D eigenvalue weighted by atomic mass is 9.44. The lowest BCUT2D eigenvalue weighted by molar-refractivity contribution is -0.118. The molecule has 0 radical (unpaired) electrons. The molecule has 5 aliphatic rings. The van der Waals surface area contributed by atoms with E-state index in [-0.39, 0.29) is 40.8 Å². The number of carbonyl (C=O) groups is 1.